The molecular weight excluding hydrogens is 359 g/mol. The van der Waals surface area contributed by atoms with Gasteiger partial charge >= 0.3 is 6.18 Å². The molecule has 4 N–H and O–H groups in total. The third kappa shape index (κ3) is 7.16. The molecule has 0 bridgehead atoms. The van der Waals surface area contributed by atoms with Crippen LogP contribution in [0.5, 0.6) is 0 Å². The van der Waals surface area contributed by atoms with Crippen LogP contribution in [0.15, 0.2) is 18.2 Å². The zero-order valence-electron chi connectivity index (χ0n) is 12.3. The quantitative estimate of drug-likeness (QED) is 0.725. The van der Waals surface area contributed by atoms with Gasteiger partial charge in [-0.2, -0.15) is 13.2 Å². The number of amides is 1. The zero-order chi connectivity index (χ0) is 17.1. The Kier molecular flexibility index (Phi) is 7.48. The van der Waals surface area contributed by atoms with Crippen molar-refractivity contribution in [1.82, 2.24) is 4.72 Å². The highest BCUT2D eigenvalue weighted by Crippen LogP contribution is 2.32. The molecule has 1 aromatic carbocycles. The van der Waals surface area contributed by atoms with Crippen molar-refractivity contribution in [3.63, 3.8) is 0 Å². The number of nitrogens with one attached hydrogen (secondary N) is 2. The smallest absolute Gasteiger partial charge is 0.326 e. The molecule has 0 saturated carbocycles. The molecule has 0 saturated heterocycles. The summed E-state index contributed by atoms with van der Waals surface area (Å²) in [7, 11) is -3.62. The van der Waals surface area contributed by atoms with Crippen molar-refractivity contribution in [3.8, 4) is 0 Å². The Bertz CT molecular complexity index is 665. The third-order valence-corrected chi connectivity index (χ3v) is 3.39. The summed E-state index contributed by atoms with van der Waals surface area (Å²) in [6.07, 6.45) is -3.71. The molecule has 1 aromatic rings. The first-order valence-corrected chi connectivity index (χ1v) is 8.01. The molecule has 6 nitrogen and oxygen atoms in total. The van der Waals surface area contributed by atoms with E-state index in [1.807, 2.05) is 4.72 Å². The van der Waals surface area contributed by atoms with Gasteiger partial charge in [-0.05, 0) is 30.7 Å². The lowest BCUT2D eigenvalue weighted by Crippen LogP contribution is -2.41. The first-order valence-electron chi connectivity index (χ1n) is 6.12. The van der Waals surface area contributed by atoms with E-state index in [9.17, 15) is 26.4 Å². The van der Waals surface area contributed by atoms with Gasteiger partial charge < -0.3 is 11.1 Å². The molecule has 1 unspecified atom stereocenters. The minimum Gasteiger partial charge on any atom is -0.326 e. The third-order valence-electron chi connectivity index (χ3n) is 2.61. The molecule has 23 heavy (non-hydrogen) atoms. The number of anilines is 1. The van der Waals surface area contributed by atoms with E-state index in [4.69, 9.17) is 5.73 Å². The summed E-state index contributed by atoms with van der Waals surface area (Å²) in [5.74, 6) is -0.785. The van der Waals surface area contributed by atoms with Crippen molar-refractivity contribution < 1.29 is 26.4 Å². The number of halogens is 4. The minimum atomic E-state index is -4.58. The first-order chi connectivity index (χ1) is 9.92. The standard InChI is InChI=1S/C12H16F3N3O3S.ClH/c1-7(18-22(2,20)21)11(19)17-10-4-8(6-16)3-9(5-10)12(13,14)15;/h3-5,7,18H,6,16H2,1-2H3,(H,17,19);1H. The van der Waals surface area contributed by atoms with E-state index in [-0.39, 0.29) is 30.2 Å². The lowest BCUT2D eigenvalue weighted by molar-refractivity contribution is -0.137. The zero-order valence-corrected chi connectivity index (χ0v) is 13.9. The monoisotopic (exact) mass is 375 g/mol. The van der Waals surface area contributed by atoms with E-state index < -0.39 is 33.7 Å². The Morgan fingerprint density at radius 2 is 1.87 bits per heavy atom. The van der Waals surface area contributed by atoms with Crippen molar-refractivity contribution in [3.05, 3.63) is 29.3 Å². The predicted octanol–water partition coefficient (Wildman–Crippen LogP) is 1.46. The van der Waals surface area contributed by atoms with Gasteiger partial charge in [0.2, 0.25) is 15.9 Å². The topological polar surface area (TPSA) is 101 Å². The molecule has 0 aromatic heterocycles. The highest BCUT2D eigenvalue weighted by Gasteiger charge is 2.31. The van der Waals surface area contributed by atoms with E-state index in [1.54, 1.807) is 0 Å². The van der Waals surface area contributed by atoms with E-state index >= 15 is 0 Å². The van der Waals surface area contributed by atoms with Crippen molar-refractivity contribution in [1.29, 1.82) is 0 Å². The second-order valence-electron chi connectivity index (χ2n) is 4.72. The normalized spacial score (nSPS) is 13.1. The molecule has 0 aliphatic heterocycles. The lowest BCUT2D eigenvalue weighted by Gasteiger charge is -2.15. The molecule has 0 spiro atoms. The first kappa shape index (κ1) is 21.6. The summed E-state index contributed by atoms with van der Waals surface area (Å²) in [5, 5.41) is 2.23. The van der Waals surface area contributed by atoms with Crippen LogP contribution in [0.2, 0.25) is 0 Å². The highest BCUT2D eigenvalue weighted by atomic mass is 35.5. The van der Waals surface area contributed by atoms with Gasteiger partial charge in [0, 0.05) is 12.2 Å². The number of carbonyl (C=O) groups is 1. The largest absolute Gasteiger partial charge is 0.416 e. The molecule has 132 valence electrons. The molecule has 0 aliphatic rings. The Morgan fingerprint density at radius 3 is 2.30 bits per heavy atom. The van der Waals surface area contributed by atoms with Crippen LogP contribution >= 0.6 is 12.4 Å². The van der Waals surface area contributed by atoms with Crippen LogP contribution in [0, 0.1) is 0 Å². The van der Waals surface area contributed by atoms with Crippen molar-refractivity contribution in [2.24, 2.45) is 5.73 Å². The molecule has 11 heteroatoms. The average molecular weight is 376 g/mol. The SMILES string of the molecule is CC(NS(C)(=O)=O)C(=O)Nc1cc(CN)cc(C(F)(F)F)c1.Cl. The predicted molar refractivity (Wildman–Crippen MR) is 82.7 cm³/mol. The van der Waals surface area contributed by atoms with Gasteiger partial charge in [-0.1, -0.05) is 0 Å². The van der Waals surface area contributed by atoms with Crippen molar-refractivity contribution >= 4 is 34.0 Å². The minimum absolute atomic E-state index is 0. The maximum Gasteiger partial charge on any atom is 0.416 e. The number of carbonyl (C=O) groups excluding carboxylic acids is 1. The fourth-order valence-corrected chi connectivity index (χ4v) is 2.42. The number of hydrogen-bond donors (Lipinski definition) is 3. The second-order valence-corrected chi connectivity index (χ2v) is 6.50. The summed E-state index contributed by atoms with van der Waals surface area (Å²) in [5.41, 5.74) is 4.46. The number of hydrogen-bond acceptors (Lipinski definition) is 4. The Balaban J connectivity index is 0.00000484. The summed E-state index contributed by atoms with van der Waals surface area (Å²) in [6, 6.07) is 1.80. The van der Waals surface area contributed by atoms with Crippen LogP contribution in [-0.2, 0) is 27.5 Å². The van der Waals surface area contributed by atoms with Crippen molar-refractivity contribution in [2.75, 3.05) is 11.6 Å². The van der Waals surface area contributed by atoms with Crippen LogP contribution < -0.4 is 15.8 Å². The molecule has 0 aliphatic carbocycles. The van der Waals surface area contributed by atoms with E-state index in [2.05, 4.69) is 5.32 Å². The maximum atomic E-state index is 12.8. The summed E-state index contributed by atoms with van der Waals surface area (Å²) >= 11 is 0. The number of benzene rings is 1. The van der Waals surface area contributed by atoms with E-state index in [0.29, 0.717) is 0 Å². The maximum absolute atomic E-state index is 12.8. The highest BCUT2D eigenvalue weighted by molar-refractivity contribution is 7.88. The Hall–Kier alpha value is -1.36. The Labute approximate surface area is 138 Å². The molecule has 0 heterocycles. The molecule has 0 fully saturated rings. The van der Waals surface area contributed by atoms with E-state index in [0.717, 1.165) is 18.4 Å². The summed E-state index contributed by atoms with van der Waals surface area (Å²) in [4.78, 5) is 11.8. The second kappa shape index (κ2) is 7.95. The average Bonchev–Trinajstić information content (AvgIpc) is 2.35. The van der Waals surface area contributed by atoms with Gasteiger partial charge in [0.25, 0.3) is 0 Å². The number of alkyl halides is 3. The van der Waals surface area contributed by atoms with Gasteiger partial charge in [-0.3, -0.25) is 4.79 Å². The van der Waals surface area contributed by atoms with Crippen LogP contribution in [0.3, 0.4) is 0 Å². The Morgan fingerprint density at radius 1 is 1.30 bits per heavy atom. The van der Waals surface area contributed by atoms with Crippen LogP contribution in [-0.4, -0.2) is 26.6 Å². The molecule has 0 radical (unpaired) electrons. The van der Waals surface area contributed by atoms with Crippen LogP contribution in [0.1, 0.15) is 18.1 Å². The van der Waals surface area contributed by atoms with Gasteiger partial charge in [-0.15, -0.1) is 12.4 Å². The van der Waals surface area contributed by atoms with Gasteiger partial charge in [0.05, 0.1) is 17.9 Å². The van der Waals surface area contributed by atoms with Crippen LogP contribution in [0.4, 0.5) is 18.9 Å². The van der Waals surface area contributed by atoms with Crippen LogP contribution in [0.25, 0.3) is 0 Å². The lowest BCUT2D eigenvalue weighted by atomic mass is 10.1. The molecule has 1 atom stereocenters. The molecular formula is C12H17ClF3N3O3S. The fourth-order valence-electron chi connectivity index (χ4n) is 1.67. The molecule has 1 rings (SSSR count). The van der Waals surface area contributed by atoms with E-state index in [1.165, 1.54) is 13.0 Å². The summed E-state index contributed by atoms with van der Waals surface area (Å²) < 4.78 is 62.4. The molecule has 1 amide bonds. The number of sulfonamides is 1. The van der Waals surface area contributed by atoms with Crippen molar-refractivity contribution in [2.45, 2.75) is 25.7 Å². The summed E-state index contributed by atoms with van der Waals surface area (Å²) in [6.45, 7) is 1.14. The van der Waals surface area contributed by atoms with Gasteiger partial charge in [0.15, 0.2) is 0 Å². The van der Waals surface area contributed by atoms with Gasteiger partial charge in [0.1, 0.15) is 0 Å². The van der Waals surface area contributed by atoms with Gasteiger partial charge in [-0.25, -0.2) is 13.1 Å². The number of rotatable bonds is 5. The number of nitrogens with two attached hydrogens (primary N) is 1. The fraction of sp³-hybridized carbons (Fsp3) is 0.417.